The first kappa shape index (κ1) is 22.8. The summed E-state index contributed by atoms with van der Waals surface area (Å²) in [5.41, 5.74) is -2.99. The minimum atomic E-state index is -1.61. The van der Waals surface area contributed by atoms with Crippen molar-refractivity contribution in [2.75, 3.05) is 13.2 Å². The summed E-state index contributed by atoms with van der Waals surface area (Å²) >= 11 is 0. The van der Waals surface area contributed by atoms with Gasteiger partial charge in [-0.1, -0.05) is 18.2 Å². The Kier molecular flexibility index (Phi) is 4.81. The second-order valence-electron chi connectivity index (χ2n) is 10.2. The maximum atomic E-state index is 12.7. The van der Waals surface area contributed by atoms with E-state index in [0.717, 1.165) is 0 Å². The van der Waals surface area contributed by atoms with E-state index in [4.69, 9.17) is 23.7 Å². The van der Waals surface area contributed by atoms with Gasteiger partial charge in [-0.3, -0.25) is 0 Å². The second kappa shape index (κ2) is 7.19. The zero-order chi connectivity index (χ0) is 24.1. The fraction of sp³-hybridized carbons (Fsp3) is 0.696. The van der Waals surface area contributed by atoms with E-state index in [9.17, 15) is 30.3 Å². The van der Waals surface area contributed by atoms with Crippen LogP contribution >= 0.6 is 0 Å². The number of esters is 1. The summed E-state index contributed by atoms with van der Waals surface area (Å²) in [5, 5.41) is 51.7. The highest BCUT2D eigenvalue weighted by molar-refractivity contribution is 5.89. The zero-order valence-electron chi connectivity index (χ0n) is 18.4. The van der Waals surface area contributed by atoms with Crippen LogP contribution in [0.15, 0.2) is 30.3 Å². The van der Waals surface area contributed by atoms with E-state index in [1.54, 1.807) is 37.3 Å². The van der Waals surface area contributed by atoms with Crippen molar-refractivity contribution in [2.24, 2.45) is 11.3 Å². The predicted molar refractivity (Wildman–Crippen MR) is 109 cm³/mol. The molecule has 0 amide bonds. The lowest BCUT2D eigenvalue weighted by Gasteiger charge is -2.67. The average Bonchev–Trinajstić information content (AvgIpc) is 3.00. The van der Waals surface area contributed by atoms with Crippen LogP contribution in [0.1, 0.15) is 30.1 Å². The molecule has 4 saturated heterocycles. The normalized spacial score (nSPS) is 52.5. The first-order valence-corrected chi connectivity index (χ1v) is 11.4. The quantitative estimate of drug-likeness (QED) is 0.306. The third kappa shape index (κ3) is 2.59. The van der Waals surface area contributed by atoms with E-state index in [1.165, 1.54) is 0 Å². The highest BCUT2D eigenvalue weighted by Crippen LogP contribution is 2.81. The molecule has 34 heavy (non-hydrogen) atoms. The second-order valence-corrected chi connectivity index (χ2v) is 10.2. The topological polar surface area (TPSA) is 164 Å². The lowest BCUT2D eigenvalue weighted by Crippen LogP contribution is -2.80. The predicted octanol–water partition coefficient (Wildman–Crippen LogP) is -1.36. The summed E-state index contributed by atoms with van der Waals surface area (Å²) in [4.78, 5) is 12.7. The molecule has 7 aliphatic rings. The largest absolute Gasteiger partial charge is 0.461 e. The van der Waals surface area contributed by atoms with Crippen LogP contribution in [0.3, 0.4) is 0 Å². The van der Waals surface area contributed by atoms with E-state index in [-0.39, 0.29) is 19.4 Å². The number of hydrogen-bond acceptors (Lipinski definition) is 11. The molecule has 4 heterocycles. The molecule has 0 spiro atoms. The first-order chi connectivity index (χ1) is 16.1. The van der Waals surface area contributed by atoms with Crippen LogP contribution in [0.2, 0.25) is 0 Å². The van der Waals surface area contributed by atoms with Crippen molar-refractivity contribution in [1.82, 2.24) is 0 Å². The fourth-order valence-electron chi connectivity index (χ4n) is 6.87. The summed E-state index contributed by atoms with van der Waals surface area (Å²) in [7, 11) is 0. The molecule has 3 aliphatic carbocycles. The summed E-state index contributed by atoms with van der Waals surface area (Å²) in [6, 6.07) is 8.47. The Morgan fingerprint density at radius 3 is 2.56 bits per heavy atom. The van der Waals surface area contributed by atoms with E-state index in [0.29, 0.717) is 5.56 Å². The average molecular weight is 480 g/mol. The highest BCUT2D eigenvalue weighted by atomic mass is 16.8. The molecule has 11 atom stereocenters. The van der Waals surface area contributed by atoms with Gasteiger partial charge in [0.25, 0.3) is 0 Å². The van der Waals surface area contributed by atoms with Crippen LogP contribution in [0.25, 0.3) is 0 Å². The van der Waals surface area contributed by atoms with Crippen molar-refractivity contribution >= 4 is 5.97 Å². The lowest BCUT2D eigenvalue weighted by atomic mass is 9.41. The van der Waals surface area contributed by atoms with Gasteiger partial charge in [0.1, 0.15) is 42.2 Å². The van der Waals surface area contributed by atoms with Crippen LogP contribution in [0.5, 0.6) is 0 Å². The Labute approximate surface area is 194 Å². The third-order valence-electron chi connectivity index (χ3n) is 8.57. The number of aliphatic hydroxyl groups excluding tert-OH is 4. The molecule has 0 radical (unpaired) electrons. The van der Waals surface area contributed by atoms with Crippen LogP contribution < -0.4 is 0 Å². The number of carbonyl (C=O) groups is 1. The van der Waals surface area contributed by atoms with Crippen LogP contribution in [0, 0.1) is 11.3 Å². The molecular weight excluding hydrogens is 452 g/mol. The molecule has 4 aliphatic heterocycles. The number of benzene rings is 1. The smallest absolute Gasteiger partial charge is 0.338 e. The van der Waals surface area contributed by atoms with Crippen molar-refractivity contribution in [1.29, 1.82) is 0 Å². The van der Waals surface area contributed by atoms with Gasteiger partial charge < -0.3 is 49.2 Å². The van der Waals surface area contributed by atoms with Gasteiger partial charge in [0.05, 0.1) is 17.6 Å². The Bertz CT molecular complexity index is 988. The monoisotopic (exact) mass is 480 g/mol. The van der Waals surface area contributed by atoms with E-state index >= 15 is 0 Å². The summed E-state index contributed by atoms with van der Waals surface area (Å²) in [5.74, 6) is -2.49. The molecule has 0 aromatic heterocycles. The number of ether oxygens (including phenoxy) is 5. The van der Waals surface area contributed by atoms with E-state index in [2.05, 4.69) is 0 Å². The van der Waals surface area contributed by atoms with Crippen LogP contribution in [-0.2, 0) is 23.7 Å². The fourth-order valence-corrected chi connectivity index (χ4v) is 6.87. The minimum Gasteiger partial charge on any atom is -0.461 e. The molecule has 3 saturated carbocycles. The number of rotatable bonds is 6. The standard InChI is InChI=1S/C23H28O11/c1-20-9-22(29)13-7-23(20,32-18-16(27)15(26)14(25)12(8-24)31-18)21(13,19(33-20)34-22)10-30-17(28)11-5-3-2-4-6-11/h2-6,12-16,18-19,24-27,29H,7-10H2,1H3/t12-,13+,14-,15+,16-,18+,19?,20-,21+,22+,23-/m1/s1. The zero-order valence-corrected chi connectivity index (χ0v) is 18.4. The van der Waals surface area contributed by atoms with Crippen LogP contribution in [0.4, 0.5) is 0 Å². The van der Waals surface area contributed by atoms with Gasteiger partial charge in [0, 0.05) is 12.3 Å². The highest BCUT2D eigenvalue weighted by Gasteiger charge is 2.94. The molecule has 6 bridgehead atoms. The van der Waals surface area contributed by atoms with Crippen molar-refractivity contribution in [3.8, 4) is 0 Å². The maximum absolute atomic E-state index is 12.7. The van der Waals surface area contributed by atoms with Gasteiger partial charge in [-0.25, -0.2) is 4.79 Å². The Morgan fingerprint density at radius 1 is 1.12 bits per heavy atom. The molecule has 11 heteroatoms. The van der Waals surface area contributed by atoms with E-state index < -0.39 is 77.9 Å². The van der Waals surface area contributed by atoms with Gasteiger partial charge in [-0.2, -0.15) is 0 Å². The SMILES string of the molecule is C[C@]12C[C@]3(O)OC(O1)[C@]1(COC(=O)c4ccccc4)[C@@H]3C[C@@]21O[C@@H]1O[C@H](CO)[C@@H](O)[C@H](O)[C@H]1O. The van der Waals surface area contributed by atoms with Gasteiger partial charge in [0.2, 0.25) is 0 Å². The molecule has 1 aromatic carbocycles. The maximum Gasteiger partial charge on any atom is 0.338 e. The molecule has 186 valence electrons. The Morgan fingerprint density at radius 2 is 1.85 bits per heavy atom. The molecule has 5 N–H and O–H groups in total. The first-order valence-electron chi connectivity index (χ1n) is 11.4. The van der Waals surface area contributed by atoms with Gasteiger partial charge in [-0.05, 0) is 25.5 Å². The van der Waals surface area contributed by atoms with Crippen LogP contribution in [-0.4, -0.2) is 98.7 Å². The Hall–Kier alpha value is -1.67. The van der Waals surface area contributed by atoms with Crippen molar-refractivity contribution in [3.63, 3.8) is 0 Å². The van der Waals surface area contributed by atoms with Gasteiger partial charge in [0.15, 0.2) is 18.4 Å². The third-order valence-corrected chi connectivity index (χ3v) is 8.57. The van der Waals surface area contributed by atoms with Crippen molar-refractivity contribution in [2.45, 2.75) is 73.8 Å². The minimum absolute atomic E-state index is 0.0902. The molecule has 7 fully saturated rings. The number of carbonyl (C=O) groups excluding carboxylic acids is 1. The van der Waals surface area contributed by atoms with Gasteiger partial charge in [-0.15, -0.1) is 0 Å². The number of aliphatic hydroxyl groups is 5. The molecule has 8 rings (SSSR count). The summed E-state index contributed by atoms with van der Waals surface area (Å²) in [6.07, 6.45) is -7.87. The van der Waals surface area contributed by atoms with Crippen molar-refractivity contribution < 1.29 is 54.0 Å². The van der Waals surface area contributed by atoms with E-state index in [1.807, 2.05) is 0 Å². The van der Waals surface area contributed by atoms with Crippen molar-refractivity contribution in [3.05, 3.63) is 35.9 Å². The molecule has 1 unspecified atom stereocenters. The molecular formula is C23H28O11. The molecule has 1 aromatic rings. The Balaban J connectivity index is 1.32. The van der Waals surface area contributed by atoms with Gasteiger partial charge >= 0.3 is 5.97 Å². The molecule has 11 nitrogen and oxygen atoms in total. The summed E-state index contributed by atoms with van der Waals surface area (Å²) < 4.78 is 29.7. The lowest BCUT2D eigenvalue weighted by molar-refractivity contribution is -0.424. The number of hydrogen-bond donors (Lipinski definition) is 5. The summed E-state index contributed by atoms with van der Waals surface area (Å²) in [6.45, 7) is 0.985.